The lowest BCUT2D eigenvalue weighted by Gasteiger charge is -2.14. The summed E-state index contributed by atoms with van der Waals surface area (Å²) >= 11 is 0. The Morgan fingerprint density at radius 1 is 1.19 bits per heavy atom. The molecule has 0 aliphatic carbocycles. The van der Waals surface area contributed by atoms with E-state index in [2.05, 4.69) is 52.6 Å². The van der Waals surface area contributed by atoms with Crippen LogP contribution in [0, 0.1) is 12.8 Å². The van der Waals surface area contributed by atoms with Crippen LogP contribution in [0.3, 0.4) is 0 Å². The van der Waals surface area contributed by atoms with Crippen LogP contribution in [-0.4, -0.2) is 30.4 Å². The topological polar surface area (TPSA) is 60.6 Å². The van der Waals surface area contributed by atoms with Crippen molar-refractivity contribution in [2.75, 3.05) is 0 Å². The Bertz CT molecular complexity index is 566. The Morgan fingerprint density at radius 2 is 1.95 bits per heavy atom. The Balaban J connectivity index is 2.16. The summed E-state index contributed by atoms with van der Waals surface area (Å²) in [4.78, 5) is 8.84. The van der Waals surface area contributed by atoms with E-state index >= 15 is 0 Å². The van der Waals surface area contributed by atoms with Crippen molar-refractivity contribution >= 4 is 0 Å². The molecule has 2 aromatic heterocycles. The predicted octanol–water partition coefficient (Wildman–Crippen LogP) is 1.99. The lowest BCUT2D eigenvalue weighted by atomic mass is 10.2. The standard InChI is InChI=1S/C15H26N6/c1-11(2)8-21-15(18-10-19-21)9-20-13(5)17-7-14(20)6-16-12(3)4/h7,10-12,16H,6,8-9H2,1-5H3. The van der Waals surface area contributed by atoms with Gasteiger partial charge in [0.2, 0.25) is 0 Å². The molecule has 116 valence electrons. The first-order chi connectivity index (χ1) is 9.97. The van der Waals surface area contributed by atoms with Crippen molar-refractivity contribution in [3.8, 4) is 0 Å². The number of aromatic nitrogens is 5. The maximum Gasteiger partial charge on any atom is 0.146 e. The number of rotatable bonds is 7. The third kappa shape index (κ3) is 4.14. The second-order valence-corrected chi connectivity index (χ2v) is 6.17. The Morgan fingerprint density at radius 3 is 2.62 bits per heavy atom. The Labute approximate surface area is 126 Å². The molecule has 2 rings (SSSR count). The van der Waals surface area contributed by atoms with Gasteiger partial charge in [0.25, 0.3) is 0 Å². The van der Waals surface area contributed by atoms with Crippen LogP contribution in [0.5, 0.6) is 0 Å². The fourth-order valence-electron chi connectivity index (χ4n) is 2.23. The van der Waals surface area contributed by atoms with Crippen LogP contribution >= 0.6 is 0 Å². The largest absolute Gasteiger partial charge is 0.323 e. The van der Waals surface area contributed by atoms with Crippen LogP contribution < -0.4 is 5.32 Å². The van der Waals surface area contributed by atoms with Crippen molar-refractivity contribution in [1.82, 2.24) is 29.6 Å². The van der Waals surface area contributed by atoms with Gasteiger partial charge in [-0.2, -0.15) is 5.10 Å². The average molecular weight is 290 g/mol. The molecule has 0 spiro atoms. The fourth-order valence-corrected chi connectivity index (χ4v) is 2.23. The minimum Gasteiger partial charge on any atom is -0.323 e. The highest BCUT2D eigenvalue weighted by atomic mass is 15.3. The summed E-state index contributed by atoms with van der Waals surface area (Å²) < 4.78 is 4.19. The summed E-state index contributed by atoms with van der Waals surface area (Å²) in [5, 5.41) is 7.76. The van der Waals surface area contributed by atoms with Crippen molar-refractivity contribution in [1.29, 1.82) is 0 Å². The molecular formula is C15H26N6. The molecule has 0 aliphatic heterocycles. The number of nitrogens with one attached hydrogen (secondary N) is 1. The molecule has 0 saturated heterocycles. The molecule has 0 atom stereocenters. The van der Waals surface area contributed by atoms with Gasteiger partial charge in [0.15, 0.2) is 0 Å². The quantitative estimate of drug-likeness (QED) is 0.847. The molecule has 0 bridgehead atoms. The molecule has 2 aromatic rings. The monoisotopic (exact) mass is 290 g/mol. The third-order valence-electron chi connectivity index (χ3n) is 3.36. The molecule has 0 aliphatic rings. The van der Waals surface area contributed by atoms with E-state index in [0.29, 0.717) is 18.5 Å². The van der Waals surface area contributed by atoms with Crippen molar-refractivity contribution in [2.24, 2.45) is 5.92 Å². The van der Waals surface area contributed by atoms with E-state index in [0.717, 1.165) is 24.7 Å². The van der Waals surface area contributed by atoms with Gasteiger partial charge in [-0.25, -0.2) is 14.6 Å². The average Bonchev–Trinajstić information content (AvgIpc) is 2.96. The molecule has 1 N–H and O–H groups in total. The normalized spacial score (nSPS) is 11.8. The van der Waals surface area contributed by atoms with E-state index in [1.807, 2.05) is 17.8 Å². The number of nitrogens with zero attached hydrogens (tertiary/aromatic N) is 5. The molecule has 6 nitrogen and oxygen atoms in total. The van der Waals surface area contributed by atoms with E-state index in [4.69, 9.17) is 0 Å². The second-order valence-electron chi connectivity index (χ2n) is 6.17. The van der Waals surface area contributed by atoms with Crippen LogP contribution in [-0.2, 0) is 19.6 Å². The van der Waals surface area contributed by atoms with Gasteiger partial charge in [-0.3, -0.25) is 0 Å². The number of aryl methyl sites for hydroxylation is 1. The van der Waals surface area contributed by atoms with Crippen LogP contribution in [0.25, 0.3) is 0 Å². The van der Waals surface area contributed by atoms with Gasteiger partial charge in [-0.05, 0) is 12.8 Å². The summed E-state index contributed by atoms with van der Waals surface area (Å²) in [5.74, 6) is 2.54. The Hall–Kier alpha value is -1.69. The molecule has 0 fully saturated rings. The first-order valence-electron chi connectivity index (χ1n) is 7.58. The summed E-state index contributed by atoms with van der Waals surface area (Å²) in [7, 11) is 0. The van der Waals surface area contributed by atoms with E-state index in [1.54, 1.807) is 6.33 Å². The van der Waals surface area contributed by atoms with Gasteiger partial charge in [-0.15, -0.1) is 0 Å². The van der Waals surface area contributed by atoms with E-state index in [-0.39, 0.29) is 0 Å². The lowest BCUT2D eigenvalue weighted by molar-refractivity contribution is 0.457. The summed E-state index contributed by atoms with van der Waals surface area (Å²) in [6.07, 6.45) is 3.57. The van der Waals surface area contributed by atoms with Crippen LogP contribution in [0.2, 0.25) is 0 Å². The van der Waals surface area contributed by atoms with Gasteiger partial charge in [0.1, 0.15) is 18.0 Å². The second kappa shape index (κ2) is 6.85. The minimum atomic E-state index is 0.457. The fraction of sp³-hybridized carbons (Fsp3) is 0.667. The van der Waals surface area contributed by atoms with Crippen molar-refractivity contribution in [3.05, 3.63) is 29.9 Å². The molecule has 0 unspecified atom stereocenters. The highest BCUT2D eigenvalue weighted by Crippen LogP contribution is 2.10. The zero-order valence-corrected chi connectivity index (χ0v) is 13.7. The van der Waals surface area contributed by atoms with Gasteiger partial charge < -0.3 is 9.88 Å². The molecule has 2 heterocycles. The Kier molecular flexibility index (Phi) is 5.12. The first kappa shape index (κ1) is 15.7. The molecule has 0 amide bonds. The van der Waals surface area contributed by atoms with E-state index < -0.39 is 0 Å². The number of hydrogen-bond donors (Lipinski definition) is 1. The summed E-state index contributed by atoms with van der Waals surface area (Å²) in [6.45, 7) is 13.1. The molecule has 6 heteroatoms. The smallest absolute Gasteiger partial charge is 0.146 e. The highest BCUT2D eigenvalue weighted by Gasteiger charge is 2.12. The van der Waals surface area contributed by atoms with Gasteiger partial charge in [0, 0.05) is 25.3 Å². The van der Waals surface area contributed by atoms with Gasteiger partial charge >= 0.3 is 0 Å². The van der Waals surface area contributed by atoms with Crippen LogP contribution in [0.15, 0.2) is 12.5 Å². The molecule has 0 aromatic carbocycles. The minimum absolute atomic E-state index is 0.457. The third-order valence-corrected chi connectivity index (χ3v) is 3.36. The summed E-state index contributed by atoms with van der Waals surface area (Å²) in [5.41, 5.74) is 1.18. The SMILES string of the molecule is Cc1ncc(CNC(C)C)n1Cc1ncnn1CC(C)C. The van der Waals surface area contributed by atoms with Gasteiger partial charge in [-0.1, -0.05) is 27.7 Å². The molecule has 21 heavy (non-hydrogen) atoms. The maximum atomic E-state index is 4.43. The molecule has 0 saturated carbocycles. The summed E-state index contributed by atoms with van der Waals surface area (Å²) in [6, 6.07) is 0.457. The highest BCUT2D eigenvalue weighted by molar-refractivity contribution is 5.07. The predicted molar refractivity (Wildman–Crippen MR) is 82.9 cm³/mol. The molecular weight excluding hydrogens is 264 g/mol. The molecule has 0 radical (unpaired) electrons. The van der Waals surface area contributed by atoms with Crippen LogP contribution in [0.1, 0.15) is 45.0 Å². The lowest BCUT2D eigenvalue weighted by Crippen LogP contribution is -2.24. The maximum absolute atomic E-state index is 4.43. The van der Waals surface area contributed by atoms with Gasteiger partial charge in [0.05, 0.1) is 12.2 Å². The van der Waals surface area contributed by atoms with E-state index in [9.17, 15) is 0 Å². The zero-order valence-electron chi connectivity index (χ0n) is 13.7. The van der Waals surface area contributed by atoms with Crippen molar-refractivity contribution in [2.45, 2.75) is 60.3 Å². The van der Waals surface area contributed by atoms with Crippen molar-refractivity contribution in [3.63, 3.8) is 0 Å². The first-order valence-corrected chi connectivity index (χ1v) is 7.58. The number of hydrogen-bond acceptors (Lipinski definition) is 4. The van der Waals surface area contributed by atoms with Crippen LogP contribution in [0.4, 0.5) is 0 Å². The van der Waals surface area contributed by atoms with E-state index in [1.165, 1.54) is 5.69 Å². The number of imidazole rings is 1. The zero-order chi connectivity index (χ0) is 15.4. The van der Waals surface area contributed by atoms with Crippen molar-refractivity contribution < 1.29 is 0 Å².